The first kappa shape index (κ1) is 13.3. The van der Waals surface area contributed by atoms with Crippen LogP contribution in [0.3, 0.4) is 0 Å². The second-order valence-corrected chi connectivity index (χ2v) is 4.23. The number of nitrogens with zero attached hydrogens (tertiary/aromatic N) is 2. The molecule has 2 aromatic rings. The van der Waals surface area contributed by atoms with E-state index in [4.69, 9.17) is 5.73 Å². The van der Waals surface area contributed by atoms with Crippen LogP contribution < -0.4 is 16.2 Å². The topological polar surface area (TPSA) is 75.0 Å². The summed E-state index contributed by atoms with van der Waals surface area (Å²) in [5.41, 5.74) is 7.78. The molecule has 0 saturated carbocycles. The summed E-state index contributed by atoms with van der Waals surface area (Å²) >= 11 is 0. The highest BCUT2D eigenvalue weighted by Crippen LogP contribution is 2.13. The van der Waals surface area contributed by atoms with E-state index in [2.05, 4.69) is 9.97 Å². The van der Waals surface area contributed by atoms with E-state index in [0.717, 1.165) is 11.1 Å². The summed E-state index contributed by atoms with van der Waals surface area (Å²) in [7, 11) is 0. The lowest BCUT2D eigenvalue weighted by molar-refractivity contribution is 0.792. The molecule has 19 heavy (non-hydrogen) atoms. The second-order valence-electron chi connectivity index (χ2n) is 4.23. The normalized spacial score (nSPS) is 10.4. The predicted molar refractivity (Wildman–Crippen MR) is 75.9 cm³/mol. The summed E-state index contributed by atoms with van der Waals surface area (Å²) in [5.74, 6) is 0.442. The monoisotopic (exact) mass is 258 g/mol. The largest absolute Gasteiger partial charge is 0.348 e. The summed E-state index contributed by atoms with van der Waals surface area (Å²) in [6, 6.07) is 7.98. The fourth-order valence-electron chi connectivity index (χ4n) is 2.02. The molecule has 5 heteroatoms. The van der Waals surface area contributed by atoms with Crippen molar-refractivity contribution in [1.29, 1.82) is 0 Å². The summed E-state index contributed by atoms with van der Waals surface area (Å²) in [6.07, 6.45) is 3.13. The highest BCUT2D eigenvalue weighted by Gasteiger charge is 2.11. The first-order valence-electron chi connectivity index (χ1n) is 6.31. The van der Waals surface area contributed by atoms with E-state index in [9.17, 15) is 4.79 Å². The van der Waals surface area contributed by atoms with E-state index in [1.54, 1.807) is 6.20 Å². The first-order valence-corrected chi connectivity index (χ1v) is 6.31. The van der Waals surface area contributed by atoms with Crippen LogP contribution >= 0.6 is 0 Å². The number of benzene rings is 1. The Balaban J connectivity index is 2.30. The number of rotatable bonds is 5. The second kappa shape index (κ2) is 6.15. The van der Waals surface area contributed by atoms with Gasteiger partial charge in [0.1, 0.15) is 0 Å². The zero-order valence-corrected chi connectivity index (χ0v) is 11.0. The van der Waals surface area contributed by atoms with Crippen LogP contribution in [0.5, 0.6) is 0 Å². The van der Waals surface area contributed by atoms with Crippen molar-refractivity contribution in [2.45, 2.75) is 20.0 Å². The van der Waals surface area contributed by atoms with Gasteiger partial charge in [-0.05, 0) is 18.1 Å². The van der Waals surface area contributed by atoms with Gasteiger partial charge in [-0.1, -0.05) is 24.3 Å². The molecular weight excluding hydrogens is 240 g/mol. The van der Waals surface area contributed by atoms with Crippen LogP contribution in [0.15, 0.2) is 41.5 Å². The van der Waals surface area contributed by atoms with Crippen molar-refractivity contribution in [3.05, 3.63) is 58.1 Å². The molecule has 0 aliphatic heterocycles. The predicted octanol–water partition coefficient (Wildman–Crippen LogP) is 1.26. The van der Waals surface area contributed by atoms with Crippen LogP contribution in [-0.4, -0.2) is 16.5 Å². The van der Waals surface area contributed by atoms with Crippen LogP contribution in [-0.2, 0) is 13.1 Å². The van der Waals surface area contributed by atoms with Gasteiger partial charge in [0, 0.05) is 32.0 Å². The van der Waals surface area contributed by atoms with Crippen LogP contribution in [0.1, 0.15) is 18.1 Å². The Morgan fingerprint density at radius 3 is 2.68 bits per heavy atom. The summed E-state index contributed by atoms with van der Waals surface area (Å²) in [6.45, 7) is 3.83. The van der Waals surface area contributed by atoms with Gasteiger partial charge < -0.3 is 15.6 Å². The average molecular weight is 258 g/mol. The Hall–Kier alpha value is -2.14. The molecule has 1 aromatic carbocycles. The first-order chi connectivity index (χ1) is 9.26. The number of nitrogens with one attached hydrogen (secondary N) is 1. The van der Waals surface area contributed by atoms with Gasteiger partial charge in [0.05, 0.1) is 0 Å². The quantitative estimate of drug-likeness (QED) is 0.846. The van der Waals surface area contributed by atoms with Gasteiger partial charge in [0.2, 0.25) is 0 Å². The Kier molecular flexibility index (Phi) is 4.30. The summed E-state index contributed by atoms with van der Waals surface area (Å²) < 4.78 is 0. The van der Waals surface area contributed by atoms with Crippen molar-refractivity contribution in [2.24, 2.45) is 5.73 Å². The Labute approximate surface area is 112 Å². The highest BCUT2D eigenvalue weighted by atomic mass is 16.1. The summed E-state index contributed by atoms with van der Waals surface area (Å²) in [5, 5.41) is 0. The Morgan fingerprint density at radius 1 is 1.32 bits per heavy atom. The number of nitrogens with two attached hydrogens (primary N) is 1. The molecule has 2 rings (SSSR count). The molecule has 0 amide bonds. The standard InChI is InChI=1S/C14H18N4O/c1-2-18(13-14(19)17-8-7-16-13)10-12-6-4-3-5-11(12)9-15/h3-8H,2,9-10,15H2,1H3,(H,17,19). The lowest BCUT2D eigenvalue weighted by Crippen LogP contribution is -2.30. The average Bonchev–Trinajstić information content (AvgIpc) is 2.46. The van der Waals surface area contributed by atoms with Gasteiger partial charge in [0.25, 0.3) is 5.56 Å². The van der Waals surface area contributed by atoms with Gasteiger partial charge in [-0.2, -0.15) is 0 Å². The van der Waals surface area contributed by atoms with E-state index in [1.807, 2.05) is 36.1 Å². The minimum absolute atomic E-state index is 0.172. The van der Waals surface area contributed by atoms with E-state index in [1.165, 1.54) is 6.20 Å². The van der Waals surface area contributed by atoms with Crippen LogP contribution in [0.4, 0.5) is 5.82 Å². The van der Waals surface area contributed by atoms with Gasteiger partial charge >= 0.3 is 0 Å². The smallest absolute Gasteiger partial charge is 0.290 e. The molecule has 0 saturated heterocycles. The van der Waals surface area contributed by atoms with Crippen molar-refractivity contribution < 1.29 is 0 Å². The maximum atomic E-state index is 11.8. The minimum atomic E-state index is -0.172. The van der Waals surface area contributed by atoms with Gasteiger partial charge in [-0.3, -0.25) is 4.79 Å². The maximum Gasteiger partial charge on any atom is 0.290 e. The molecule has 0 bridgehead atoms. The third-order valence-electron chi connectivity index (χ3n) is 3.07. The Bertz CT molecular complexity index is 594. The molecule has 1 heterocycles. The van der Waals surface area contributed by atoms with E-state index >= 15 is 0 Å². The van der Waals surface area contributed by atoms with Crippen molar-refractivity contribution in [3.63, 3.8) is 0 Å². The number of H-pyrrole nitrogens is 1. The molecule has 0 aliphatic carbocycles. The number of hydrogen-bond donors (Lipinski definition) is 2. The number of anilines is 1. The third-order valence-corrected chi connectivity index (χ3v) is 3.07. The van der Waals surface area contributed by atoms with Crippen LogP contribution in [0.25, 0.3) is 0 Å². The molecular formula is C14H18N4O. The molecule has 3 N–H and O–H groups in total. The molecule has 0 radical (unpaired) electrons. The van der Waals surface area contributed by atoms with Crippen molar-refractivity contribution in [2.75, 3.05) is 11.4 Å². The van der Waals surface area contributed by atoms with Crippen molar-refractivity contribution in [3.8, 4) is 0 Å². The van der Waals surface area contributed by atoms with E-state index < -0.39 is 0 Å². The number of hydrogen-bond acceptors (Lipinski definition) is 4. The van der Waals surface area contributed by atoms with Crippen LogP contribution in [0.2, 0.25) is 0 Å². The van der Waals surface area contributed by atoms with E-state index in [0.29, 0.717) is 25.5 Å². The molecule has 0 spiro atoms. The molecule has 0 fully saturated rings. The van der Waals surface area contributed by atoms with Crippen LogP contribution in [0, 0.1) is 0 Å². The fourth-order valence-corrected chi connectivity index (χ4v) is 2.02. The van der Waals surface area contributed by atoms with Gasteiger partial charge in [-0.25, -0.2) is 4.98 Å². The zero-order chi connectivity index (χ0) is 13.7. The third kappa shape index (κ3) is 3.00. The Morgan fingerprint density at radius 2 is 2.05 bits per heavy atom. The lowest BCUT2D eigenvalue weighted by Gasteiger charge is -2.22. The molecule has 0 atom stereocenters. The number of aromatic amines is 1. The molecule has 5 nitrogen and oxygen atoms in total. The van der Waals surface area contributed by atoms with E-state index in [-0.39, 0.29) is 5.56 Å². The lowest BCUT2D eigenvalue weighted by atomic mass is 10.1. The highest BCUT2D eigenvalue weighted by molar-refractivity contribution is 5.38. The summed E-state index contributed by atoms with van der Waals surface area (Å²) in [4.78, 5) is 20.5. The van der Waals surface area contributed by atoms with Crippen molar-refractivity contribution in [1.82, 2.24) is 9.97 Å². The number of aromatic nitrogens is 2. The zero-order valence-electron chi connectivity index (χ0n) is 11.0. The SMILES string of the molecule is CCN(Cc1ccccc1CN)c1ncc[nH]c1=O. The van der Waals surface area contributed by atoms with Gasteiger partial charge in [-0.15, -0.1) is 0 Å². The molecule has 0 unspecified atom stereocenters. The molecule has 1 aromatic heterocycles. The molecule has 100 valence electrons. The van der Waals surface area contributed by atoms with Gasteiger partial charge in [0.15, 0.2) is 5.82 Å². The minimum Gasteiger partial charge on any atom is -0.348 e. The maximum absolute atomic E-state index is 11.8. The fraction of sp³-hybridized carbons (Fsp3) is 0.286. The van der Waals surface area contributed by atoms with Crippen molar-refractivity contribution >= 4 is 5.82 Å². The molecule has 0 aliphatic rings.